The minimum absolute atomic E-state index is 0.535. The first-order chi connectivity index (χ1) is 20.7. The van der Waals surface area contributed by atoms with Crippen LogP contribution >= 0.6 is 0 Å². The van der Waals surface area contributed by atoms with Gasteiger partial charge in [0.2, 0.25) is 0 Å². The van der Waals surface area contributed by atoms with E-state index in [1.807, 2.05) is 97.1 Å². The molecule has 8 aromatic rings. The second kappa shape index (κ2) is 9.24. The fourth-order valence-corrected chi connectivity index (χ4v) is 6.01. The van der Waals surface area contributed by atoms with Crippen molar-refractivity contribution in [2.75, 3.05) is 0 Å². The third-order valence-electron chi connectivity index (χ3n) is 7.99. The van der Waals surface area contributed by atoms with Crippen molar-refractivity contribution in [1.29, 1.82) is 10.5 Å². The van der Waals surface area contributed by atoms with Crippen LogP contribution in [0, 0.1) is 22.7 Å². The van der Waals surface area contributed by atoms with Gasteiger partial charge in [-0.25, -0.2) is 0 Å². The molecule has 42 heavy (non-hydrogen) atoms. The largest absolute Gasteiger partial charge is 0.455 e. The summed E-state index contributed by atoms with van der Waals surface area (Å²) >= 11 is 0. The Morgan fingerprint density at radius 2 is 0.929 bits per heavy atom. The normalized spacial score (nSPS) is 11.3. The number of hydrogen-bond acceptors (Lipinski definition) is 4. The number of benzene rings is 6. The maximum Gasteiger partial charge on any atom is 0.143 e. The number of fused-ring (bicyclic) bond motifs is 6. The van der Waals surface area contributed by atoms with Gasteiger partial charge in [-0.05, 0) is 47.5 Å². The van der Waals surface area contributed by atoms with Crippen LogP contribution in [0.25, 0.3) is 77.3 Å². The minimum Gasteiger partial charge on any atom is -0.455 e. The molecule has 0 saturated heterocycles. The highest BCUT2D eigenvalue weighted by Gasteiger charge is 2.22. The molecule has 0 saturated carbocycles. The molecule has 8 rings (SSSR count). The van der Waals surface area contributed by atoms with E-state index in [9.17, 15) is 10.5 Å². The summed E-state index contributed by atoms with van der Waals surface area (Å²) in [5.41, 5.74) is 9.28. The SMILES string of the molecule is N#Cc1ccc(-c2cc(-c3cccc4c3oc3ccccc34)c(C#N)c(-c3cccc4c3oc3ccccc34)c2)cc1. The summed E-state index contributed by atoms with van der Waals surface area (Å²) in [6, 6.07) is 44.4. The van der Waals surface area contributed by atoms with Gasteiger partial charge in [0, 0.05) is 43.8 Å². The Labute approximate surface area is 240 Å². The summed E-state index contributed by atoms with van der Waals surface area (Å²) in [5.74, 6) is 0. The number of nitrogens with zero attached hydrogens (tertiary/aromatic N) is 2. The van der Waals surface area contributed by atoms with Gasteiger partial charge >= 0.3 is 0 Å². The molecule has 0 N–H and O–H groups in total. The number of rotatable bonds is 3. The van der Waals surface area contributed by atoms with E-state index in [-0.39, 0.29) is 0 Å². The monoisotopic (exact) mass is 536 g/mol. The smallest absolute Gasteiger partial charge is 0.143 e. The molecule has 0 radical (unpaired) electrons. The van der Waals surface area contributed by atoms with Crippen LogP contribution in [0.1, 0.15) is 11.1 Å². The fourth-order valence-electron chi connectivity index (χ4n) is 6.01. The van der Waals surface area contributed by atoms with Crippen LogP contribution in [0.2, 0.25) is 0 Å². The first kappa shape index (κ1) is 23.8. The molecule has 0 aliphatic rings. The Morgan fingerprint density at radius 3 is 1.43 bits per heavy atom. The van der Waals surface area contributed by atoms with Gasteiger partial charge in [-0.15, -0.1) is 0 Å². The molecular weight excluding hydrogens is 516 g/mol. The molecule has 0 aliphatic carbocycles. The zero-order valence-corrected chi connectivity index (χ0v) is 22.3. The molecule has 0 fully saturated rings. The van der Waals surface area contributed by atoms with Crippen LogP contribution in [0.5, 0.6) is 0 Å². The van der Waals surface area contributed by atoms with Gasteiger partial charge in [0.25, 0.3) is 0 Å². The van der Waals surface area contributed by atoms with E-state index < -0.39 is 0 Å². The van der Waals surface area contributed by atoms with Crippen LogP contribution < -0.4 is 0 Å². The molecule has 2 heterocycles. The van der Waals surface area contributed by atoms with Crippen LogP contribution in [-0.2, 0) is 0 Å². The molecule has 6 aromatic carbocycles. The van der Waals surface area contributed by atoms with E-state index >= 15 is 0 Å². The lowest BCUT2D eigenvalue weighted by Crippen LogP contribution is -1.94. The Hall–Kier alpha value is -6.10. The topological polar surface area (TPSA) is 73.9 Å². The molecule has 0 spiro atoms. The van der Waals surface area contributed by atoms with E-state index in [4.69, 9.17) is 8.83 Å². The quantitative estimate of drug-likeness (QED) is 0.225. The molecule has 0 atom stereocenters. The van der Waals surface area contributed by atoms with Gasteiger partial charge in [-0.2, -0.15) is 10.5 Å². The molecule has 0 bridgehead atoms. The average Bonchev–Trinajstić information content (AvgIpc) is 3.63. The average molecular weight is 537 g/mol. The number of para-hydroxylation sites is 4. The summed E-state index contributed by atoms with van der Waals surface area (Å²) in [5, 5.41) is 24.2. The Balaban J connectivity index is 1.48. The van der Waals surface area contributed by atoms with Crippen LogP contribution in [0.4, 0.5) is 0 Å². The van der Waals surface area contributed by atoms with Gasteiger partial charge in [0.15, 0.2) is 0 Å². The molecule has 4 heteroatoms. The lowest BCUT2D eigenvalue weighted by molar-refractivity contribution is 0.670. The molecule has 4 nitrogen and oxygen atoms in total. The summed E-state index contributed by atoms with van der Waals surface area (Å²) in [6.07, 6.45) is 0. The van der Waals surface area contributed by atoms with Gasteiger partial charge in [-0.3, -0.25) is 0 Å². The maximum atomic E-state index is 10.7. The third-order valence-corrected chi connectivity index (χ3v) is 7.99. The van der Waals surface area contributed by atoms with Crippen molar-refractivity contribution in [1.82, 2.24) is 0 Å². The van der Waals surface area contributed by atoms with E-state index in [1.165, 1.54) is 0 Å². The minimum atomic E-state index is 0.535. The predicted octanol–water partition coefficient (Wildman–Crippen LogP) is 10.2. The summed E-state index contributed by atoms with van der Waals surface area (Å²) < 4.78 is 12.8. The molecular formula is C38H20N2O2. The standard InChI is InChI=1S/C38H20N2O2/c39-21-23-15-17-24(18-16-23)25-19-32(30-11-5-9-28-26-7-1-3-13-35(26)41-37(28)30)34(22-40)33(20-25)31-12-6-10-29-27-8-2-4-14-36(27)42-38(29)31/h1-20H. The van der Waals surface area contributed by atoms with Crippen molar-refractivity contribution in [3.8, 4) is 45.5 Å². The molecule has 194 valence electrons. The van der Waals surface area contributed by atoms with E-state index in [0.29, 0.717) is 11.1 Å². The summed E-state index contributed by atoms with van der Waals surface area (Å²) in [6.45, 7) is 0. The maximum absolute atomic E-state index is 10.7. The second-order valence-electron chi connectivity index (χ2n) is 10.3. The number of hydrogen-bond donors (Lipinski definition) is 0. The summed E-state index contributed by atoms with van der Waals surface area (Å²) in [7, 11) is 0. The fraction of sp³-hybridized carbons (Fsp3) is 0. The van der Waals surface area contributed by atoms with Crippen molar-refractivity contribution in [3.05, 3.63) is 132 Å². The van der Waals surface area contributed by atoms with Crippen LogP contribution in [0.3, 0.4) is 0 Å². The van der Waals surface area contributed by atoms with Gasteiger partial charge in [0.1, 0.15) is 28.4 Å². The Kier molecular flexibility index (Phi) is 5.22. The highest BCUT2D eigenvalue weighted by Crippen LogP contribution is 2.44. The van der Waals surface area contributed by atoms with E-state index in [1.54, 1.807) is 0 Å². The van der Waals surface area contributed by atoms with Crippen molar-refractivity contribution < 1.29 is 8.83 Å². The third kappa shape index (κ3) is 3.53. The molecule has 0 unspecified atom stereocenters. The summed E-state index contributed by atoms with van der Waals surface area (Å²) in [4.78, 5) is 0. The van der Waals surface area contributed by atoms with E-state index in [0.717, 1.165) is 77.3 Å². The lowest BCUT2D eigenvalue weighted by atomic mass is 9.87. The Morgan fingerprint density at radius 1 is 0.429 bits per heavy atom. The number of nitriles is 2. The van der Waals surface area contributed by atoms with Crippen molar-refractivity contribution >= 4 is 43.9 Å². The highest BCUT2D eigenvalue weighted by molar-refractivity contribution is 6.12. The van der Waals surface area contributed by atoms with Crippen LogP contribution in [-0.4, -0.2) is 0 Å². The molecule has 0 amide bonds. The number of furan rings is 2. The zero-order chi connectivity index (χ0) is 28.2. The predicted molar refractivity (Wildman–Crippen MR) is 167 cm³/mol. The Bertz CT molecular complexity index is 2290. The van der Waals surface area contributed by atoms with Gasteiger partial charge in [-0.1, -0.05) is 84.9 Å². The zero-order valence-electron chi connectivity index (χ0n) is 22.3. The second-order valence-corrected chi connectivity index (χ2v) is 10.3. The van der Waals surface area contributed by atoms with Gasteiger partial charge in [0.05, 0.1) is 17.2 Å². The first-order valence-corrected chi connectivity index (χ1v) is 13.6. The van der Waals surface area contributed by atoms with Crippen molar-refractivity contribution in [3.63, 3.8) is 0 Å². The van der Waals surface area contributed by atoms with Crippen molar-refractivity contribution in [2.24, 2.45) is 0 Å². The lowest BCUT2D eigenvalue weighted by Gasteiger charge is -2.15. The molecule has 2 aromatic heterocycles. The highest BCUT2D eigenvalue weighted by atomic mass is 16.3. The first-order valence-electron chi connectivity index (χ1n) is 13.6. The van der Waals surface area contributed by atoms with Crippen LogP contribution in [0.15, 0.2) is 130 Å². The van der Waals surface area contributed by atoms with E-state index in [2.05, 4.69) is 36.4 Å². The van der Waals surface area contributed by atoms with Crippen molar-refractivity contribution in [2.45, 2.75) is 0 Å². The molecule has 0 aliphatic heterocycles. The van der Waals surface area contributed by atoms with Gasteiger partial charge < -0.3 is 8.83 Å².